The minimum Gasteiger partial charge on any atom is -0.488 e. The normalized spacial score (nSPS) is 22.2. The molecular weight excluding hydrogens is 353 g/mol. The van der Waals surface area contributed by atoms with Gasteiger partial charge >= 0.3 is 0 Å². The van der Waals surface area contributed by atoms with E-state index in [-0.39, 0.29) is 41.7 Å². The summed E-state index contributed by atoms with van der Waals surface area (Å²) in [5, 5.41) is 3.17. The summed E-state index contributed by atoms with van der Waals surface area (Å²) in [6, 6.07) is 7.94. The number of halogens is 1. The Morgan fingerprint density at radius 1 is 1.32 bits per heavy atom. The summed E-state index contributed by atoms with van der Waals surface area (Å²) in [5.74, 6) is 1.36. The number of nitrogens with two attached hydrogens (primary N) is 1. The maximum atomic E-state index is 5.94. The van der Waals surface area contributed by atoms with Crippen molar-refractivity contribution in [1.29, 1.82) is 0 Å². The molecule has 1 aliphatic heterocycles. The van der Waals surface area contributed by atoms with Gasteiger partial charge in [0.1, 0.15) is 17.9 Å². The highest BCUT2D eigenvalue weighted by molar-refractivity contribution is 14.0. The van der Waals surface area contributed by atoms with Gasteiger partial charge in [0.15, 0.2) is 5.96 Å². The van der Waals surface area contributed by atoms with Crippen LogP contribution in [-0.2, 0) is 0 Å². The number of nitrogens with zero attached hydrogens (tertiary/aromatic N) is 1. The number of hydrogen-bond donors (Lipinski definition) is 2. The van der Waals surface area contributed by atoms with E-state index in [0.717, 1.165) is 11.3 Å². The molecule has 1 aromatic carbocycles. The van der Waals surface area contributed by atoms with Gasteiger partial charge in [-0.25, -0.2) is 4.99 Å². The van der Waals surface area contributed by atoms with E-state index in [4.69, 9.17) is 10.5 Å². The number of guanidine groups is 1. The van der Waals surface area contributed by atoms with E-state index in [2.05, 4.69) is 31.1 Å². The number of benzene rings is 1. The monoisotopic (exact) mass is 375 g/mol. The Hall–Kier alpha value is -0.980. The van der Waals surface area contributed by atoms with Gasteiger partial charge in [0, 0.05) is 11.1 Å². The molecule has 0 spiro atoms. The standard InChI is InChI=1S/C14H21N3O.HI/c1-9-12(16-13(15)17-14(2,3)4)10-7-5-6-8-11(10)18-9;/h5-9,12H,1-4H3,(H3,15,16,17);1H. The summed E-state index contributed by atoms with van der Waals surface area (Å²) in [5.41, 5.74) is 6.96. The summed E-state index contributed by atoms with van der Waals surface area (Å²) in [6.07, 6.45) is 0.0164. The molecule has 0 saturated heterocycles. The summed E-state index contributed by atoms with van der Waals surface area (Å²) < 4.78 is 5.76. The number of ether oxygens (including phenoxy) is 1. The Bertz CT molecular complexity index is 468. The fourth-order valence-electron chi connectivity index (χ4n) is 2.09. The zero-order chi connectivity index (χ0) is 13.3. The Morgan fingerprint density at radius 3 is 2.58 bits per heavy atom. The fraction of sp³-hybridized carbons (Fsp3) is 0.500. The van der Waals surface area contributed by atoms with Crippen molar-refractivity contribution in [3.05, 3.63) is 29.8 Å². The van der Waals surface area contributed by atoms with Crippen LogP contribution in [0.2, 0.25) is 0 Å². The lowest BCUT2D eigenvalue weighted by atomic mass is 10.1. The van der Waals surface area contributed by atoms with E-state index in [0.29, 0.717) is 5.96 Å². The summed E-state index contributed by atoms with van der Waals surface area (Å²) in [6.45, 7) is 8.17. The number of para-hydroxylation sites is 1. The highest BCUT2D eigenvalue weighted by Crippen LogP contribution is 2.38. The lowest BCUT2D eigenvalue weighted by Gasteiger charge is -2.22. The molecule has 4 nitrogen and oxygen atoms in total. The van der Waals surface area contributed by atoms with Crippen LogP contribution in [0.1, 0.15) is 39.3 Å². The van der Waals surface area contributed by atoms with Crippen molar-refractivity contribution in [2.45, 2.75) is 45.4 Å². The van der Waals surface area contributed by atoms with Crippen molar-refractivity contribution < 1.29 is 4.74 Å². The average Bonchev–Trinajstić information content (AvgIpc) is 2.53. The van der Waals surface area contributed by atoms with Gasteiger partial charge in [-0.1, -0.05) is 18.2 Å². The molecule has 0 radical (unpaired) electrons. The highest BCUT2D eigenvalue weighted by atomic mass is 127. The topological polar surface area (TPSA) is 59.6 Å². The van der Waals surface area contributed by atoms with Crippen LogP contribution in [-0.4, -0.2) is 17.6 Å². The molecule has 0 bridgehead atoms. The lowest BCUT2D eigenvalue weighted by Crippen LogP contribution is -2.45. The minimum absolute atomic E-state index is 0. The predicted molar refractivity (Wildman–Crippen MR) is 89.2 cm³/mol. The first-order chi connectivity index (χ1) is 8.37. The van der Waals surface area contributed by atoms with Crippen LogP contribution in [0.3, 0.4) is 0 Å². The summed E-state index contributed by atoms with van der Waals surface area (Å²) >= 11 is 0. The first kappa shape index (κ1) is 16.1. The molecule has 0 saturated carbocycles. The first-order valence-corrected chi connectivity index (χ1v) is 6.24. The van der Waals surface area contributed by atoms with Gasteiger partial charge in [0.2, 0.25) is 0 Å². The number of nitrogens with one attached hydrogen (secondary N) is 1. The van der Waals surface area contributed by atoms with Gasteiger partial charge in [0.25, 0.3) is 0 Å². The zero-order valence-electron chi connectivity index (χ0n) is 11.8. The van der Waals surface area contributed by atoms with Crippen molar-refractivity contribution in [1.82, 2.24) is 5.32 Å². The second-order valence-electron chi connectivity index (χ2n) is 5.69. The van der Waals surface area contributed by atoms with Crippen molar-refractivity contribution in [3.63, 3.8) is 0 Å². The van der Waals surface area contributed by atoms with E-state index < -0.39 is 0 Å². The molecule has 2 atom stereocenters. The fourth-order valence-corrected chi connectivity index (χ4v) is 2.09. The SMILES string of the molecule is CC1Oc2ccccc2C1N=C(N)NC(C)(C)C.I. The van der Waals surface area contributed by atoms with Gasteiger partial charge in [-0.3, -0.25) is 0 Å². The van der Waals surface area contributed by atoms with E-state index in [9.17, 15) is 0 Å². The zero-order valence-corrected chi connectivity index (χ0v) is 14.1. The largest absolute Gasteiger partial charge is 0.488 e. The van der Waals surface area contributed by atoms with Crippen LogP contribution in [0.4, 0.5) is 0 Å². The van der Waals surface area contributed by atoms with Crippen LogP contribution in [0.5, 0.6) is 5.75 Å². The van der Waals surface area contributed by atoms with Gasteiger partial charge in [-0.15, -0.1) is 24.0 Å². The molecular formula is C14H22IN3O. The minimum atomic E-state index is -0.0875. The van der Waals surface area contributed by atoms with Crippen LogP contribution in [0.25, 0.3) is 0 Å². The third kappa shape index (κ3) is 3.99. The first-order valence-electron chi connectivity index (χ1n) is 6.24. The average molecular weight is 375 g/mol. The molecule has 106 valence electrons. The quantitative estimate of drug-likeness (QED) is 0.451. The van der Waals surface area contributed by atoms with E-state index in [1.165, 1.54) is 0 Å². The molecule has 0 aromatic heterocycles. The number of aliphatic imine (C=N–C) groups is 1. The van der Waals surface area contributed by atoms with E-state index >= 15 is 0 Å². The van der Waals surface area contributed by atoms with Crippen molar-refractivity contribution in [2.75, 3.05) is 0 Å². The maximum Gasteiger partial charge on any atom is 0.189 e. The lowest BCUT2D eigenvalue weighted by molar-refractivity contribution is 0.228. The Labute approximate surface area is 131 Å². The van der Waals surface area contributed by atoms with Crippen LogP contribution in [0.15, 0.2) is 29.3 Å². The van der Waals surface area contributed by atoms with Gasteiger partial charge in [-0.2, -0.15) is 0 Å². The van der Waals surface area contributed by atoms with E-state index in [1.54, 1.807) is 0 Å². The third-order valence-electron chi connectivity index (χ3n) is 2.78. The Balaban J connectivity index is 0.00000180. The Morgan fingerprint density at radius 2 is 1.95 bits per heavy atom. The second-order valence-corrected chi connectivity index (χ2v) is 5.69. The van der Waals surface area contributed by atoms with Crippen molar-refractivity contribution in [3.8, 4) is 5.75 Å². The second kappa shape index (κ2) is 5.98. The van der Waals surface area contributed by atoms with Crippen LogP contribution < -0.4 is 15.8 Å². The smallest absolute Gasteiger partial charge is 0.189 e. The highest BCUT2D eigenvalue weighted by Gasteiger charge is 2.30. The van der Waals surface area contributed by atoms with Gasteiger partial charge in [-0.05, 0) is 33.8 Å². The number of rotatable bonds is 1. The number of fused-ring (bicyclic) bond motifs is 1. The molecule has 2 unspecified atom stereocenters. The van der Waals surface area contributed by atoms with E-state index in [1.807, 2.05) is 31.2 Å². The third-order valence-corrected chi connectivity index (χ3v) is 2.78. The molecule has 5 heteroatoms. The molecule has 1 heterocycles. The molecule has 3 N–H and O–H groups in total. The predicted octanol–water partition coefficient (Wildman–Crippen LogP) is 2.83. The Kier molecular flexibility index (Phi) is 5.06. The molecule has 1 aliphatic rings. The van der Waals surface area contributed by atoms with Crippen LogP contribution >= 0.6 is 24.0 Å². The summed E-state index contributed by atoms with van der Waals surface area (Å²) in [4.78, 5) is 4.54. The molecule has 19 heavy (non-hydrogen) atoms. The molecule has 2 rings (SSSR count). The molecule has 0 aliphatic carbocycles. The van der Waals surface area contributed by atoms with Crippen LogP contribution in [0, 0.1) is 0 Å². The number of hydrogen-bond acceptors (Lipinski definition) is 2. The van der Waals surface area contributed by atoms with Crippen molar-refractivity contribution >= 4 is 29.9 Å². The molecule has 0 amide bonds. The molecule has 0 fully saturated rings. The molecule has 1 aromatic rings. The maximum absolute atomic E-state index is 5.94. The van der Waals surface area contributed by atoms with Gasteiger partial charge in [0.05, 0.1) is 0 Å². The van der Waals surface area contributed by atoms with Crippen molar-refractivity contribution in [2.24, 2.45) is 10.7 Å². The summed E-state index contributed by atoms with van der Waals surface area (Å²) in [7, 11) is 0. The van der Waals surface area contributed by atoms with Gasteiger partial charge < -0.3 is 15.8 Å².